The lowest BCUT2D eigenvalue weighted by Crippen LogP contribution is -2.37. The number of benzene rings is 1. The fourth-order valence-corrected chi connectivity index (χ4v) is 2.13. The number of amides is 1. The molecule has 1 saturated heterocycles. The Balaban J connectivity index is 2.03. The Morgan fingerprint density at radius 1 is 1.61 bits per heavy atom. The number of hydrogen-bond acceptors (Lipinski definition) is 3. The van der Waals surface area contributed by atoms with Gasteiger partial charge < -0.3 is 15.4 Å². The van der Waals surface area contributed by atoms with Crippen molar-refractivity contribution in [1.82, 2.24) is 10.6 Å². The van der Waals surface area contributed by atoms with Crippen LogP contribution in [0.1, 0.15) is 23.2 Å². The number of nitrogens with one attached hydrogen (secondary N) is 2. The molecule has 4 nitrogen and oxygen atoms in total. The second kappa shape index (κ2) is 5.82. The molecule has 1 heterocycles. The van der Waals surface area contributed by atoms with Crippen molar-refractivity contribution in [2.45, 2.75) is 18.9 Å². The van der Waals surface area contributed by atoms with Gasteiger partial charge in [0.15, 0.2) is 0 Å². The lowest BCUT2D eigenvalue weighted by Gasteiger charge is -2.13. The zero-order valence-corrected chi connectivity index (χ0v) is 10.3. The predicted octanol–water partition coefficient (Wildman–Crippen LogP) is 1.32. The highest BCUT2D eigenvalue weighted by atomic mass is 19.1. The van der Waals surface area contributed by atoms with Crippen molar-refractivity contribution in [3.63, 3.8) is 0 Å². The van der Waals surface area contributed by atoms with Crippen molar-refractivity contribution in [3.05, 3.63) is 29.6 Å². The van der Waals surface area contributed by atoms with Crippen LogP contribution in [-0.2, 0) is 0 Å². The van der Waals surface area contributed by atoms with E-state index in [0.29, 0.717) is 6.54 Å². The fraction of sp³-hybridized carbons (Fsp3) is 0.462. The number of halogens is 1. The molecule has 0 aliphatic carbocycles. The first-order chi connectivity index (χ1) is 8.72. The summed E-state index contributed by atoms with van der Waals surface area (Å²) in [7, 11) is 1.42. The van der Waals surface area contributed by atoms with Crippen LogP contribution >= 0.6 is 0 Å². The van der Waals surface area contributed by atoms with Crippen LogP contribution in [0.4, 0.5) is 4.39 Å². The molecular weight excluding hydrogens is 235 g/mol. The standard InChI is InChI=1S/C13H17FN2O2/c1-18-11-6-2-5-10(14)12(11)13(17)16-8-9-4-3-7-15-9/h2,5-6,9,15H,3-4,7-8H2,1H3,(H,16,17). The number of hydrogen-bond donors (Lipinski definition) is 2. The molecule has 1 fully saturated rings. The maximum absolute atomic E-state index is 13.6. The lowest BCUT2D eigenvalue weighted by atomic mass is 10.1. The van der Waals surface area contributed by atoms with Crippen molar-refractivity contribution in [3.8, 4) is 5.75 Å². The van der Waals surface area contributed by atoms with Crippen molar-refractivity contribution in [1.29, 1.82) is 0 Å². The summed E-state index contributed by atoms with van der Waals surface area (Å²) in [6, 6.07) is 4.63. The first-order valence-electron chi connectivity index (χ1n) is 6.06. The summed E-state index contributed by atoms with van der Waals surface area (Å²) in [5, 5.41) is 6.00. The Labute approximate surface area is 106 Å². The van der Waals surface area contributed by atoms with Gasteiger partial charge in [-0.2, -0.15) is 0 Å². The smallest absolute Gasteiger partial charge is 0.258 e. The molecule has 0 spiro atoms. The molecule has 2 rings (SSSR count). The van der Waals surface area contributed by atoms with E-state index in [1.54, 1.807) is 6.07 Å². The van der Waals surface area contributed by atoms with E-state index in [2.05, 4.69) is 10.6 Å². The van der Waals surface area contributed by atoms with Gasteiger partial charge in [0, 0.05) is 12.6 Å². The zero-order valence-electron chi connectivity index (χ0n) is 10.3. The van der Waals surface area contributed by atoms with Crippen molar-refractivity contribution in [2.75, 3.05) is 20.2 Å². The second-order valence-corrected chi connectivity index (χ2v) is 4.32. The van der Waals surface area contributed by atoms with Crippen LogP contribution in [0.2, 0.25) is 0 Å². The highest BCUT2D eigenvalue weighted by Gasteiger charge is 2.19. The normalized spacial score (nSPS) is 18.7. The van der Waals surface area contributed by atoms with Crippen LogP contribution in [0.5, 0.6) is 5.75 Å². The van der Waals surface area contributed by atoms with Gasteiger partial charge in [0.25, 0.3) is 5.91 Å². The molecule has 0 aromatic heterocycles. The zero-order chi connectivity index (χ0) is 13.0. The van der Waals surface area contributed by atoms with E-state index in [9.17, 15) is 9.18 Å². The molecule has 1 aromatic rings. The molecule has 1 aromatic carbocycles. The minimum Gasteiger partial charge on any atom is -0.496 e. The van der Waals surface area contributed by atoms with E-state index < -0.39 is 11.7 Å². The molecule has 1 aliphatic heterocycles. The summed E-state index contributed by atoms with van der Waals surface area (Å²) in [4.78, 5) is 11.9. The minimum absolute atomic E-state index is 0.0296. The molecule has 1 unspecified atom stereocenters. The number of rotatable bonds is 4. The van der Waals surface area contributed by atoms with Crippen LogP contribution in [0.15, 0.2) is 18.2 Å². The van der Waals surface area contributed by atoms with Gasteiger partial charge in [-0.05, 0) is 31.5 Å². The van der Waals surface area contributed by atoms with E-state index in [0.717, 1.165) is 19.4 Å². The molecule has 2 N–H and O–H groups in total. The number of ether oxygens (including phenoxy) is 1. The topological polar surface area (TPSA) is 50.4 Å². The van der Waals surface area contributed by atoms with Crippen LogP contribution in [-0.4, -0.2) is 32.1 Å². The Morgan fingerprint density at radius 2 is 2.44 bits per heavy atom. The summed E-state index contributed by atoms with van der Waals surface area (Å²) < 4.78 is 18.6. The third kappa shape index (κ3) is 2.79. The van der Waals surface area contributed by atoms with Crippen molar-refractivity contribution >= 4 is 5.91 Å². The fourth-order valence-electron chi connectivity index (χ4n) is 2.13. The van der Waals surface area contributed by atoms with E-state index in [4.69, 9.17) is 4.74 Å². The number of carbonyl (C=O) groups excluding carboxylic acids is 1. The summed E-state index contributed by atoms with van der Waals surface area (Å²) in [5.74, 6) is -0.739. The van der Waals surface area contributed by atoms with Gasteiger partial charge in [0.2, 0.25) is 0 Å². The molecule has 0 saturated carbocycles. The average molecular weight is 252 g/mol. The van der Waals surface area contributed by atoms with E-state index in [-0.39, 0.29) is 17.4 Å². The first-order valence-corrected chi connectivity index (χ1v) is 6.06. The van der Waals surface area contributed by atoms with Gasteiger partial charge in [-0.15, -0.1) is 0 Å². The number of methoxy groups -OCH3 is 1. The van der Waals surface area contributed by atoms with Crippen LogP contribution in [0, 0.1) is 5.82 Å². The molecule has 98 valence electrons. The Morgan fingerprint density at radius 3 is 3.11 bits per heavy atom. The molecule has 1 amide bonds. The maximum Gasteiger partial charge on any atom is 0.258 e. The Hall–Kier alpha value is -1.62. The molecular formula is C13H17FN2O2. The highest BCUT2D eigenvalue weighted by molar-refractivity contribution is 5.97. The van der Waals surface area contributed by atoms with E-state index in [1.807, 2.05) is 0 Å². The molecule has 1 aliphatic rings. The maximum atomic E-state index is 13.6. The summed E-state index contributed by atoms with van der Waals surface area (Å²) in [6.07, 6.45) is 2.15. The van der Waals surface area contributed by atoms with Gasteiger partial charge in [-0.1, -0.05) is 6.07 Å². The van der Waals surface area contributed by atoms with Gasteiger partial charge >= 0.3 is 0 Å². The van der Waals surface area contributed by atoms with Crippen LogP contribution < -0.4 is 15.4 Å². The minimum atomic E-state index is -0.564. The van der Waals surface area contributed by atoms with Gasteiger partial charge in [-0.3, -0.25) is 4.79 Å². The average Bonchev–Trinajstić information content (AvgIpc) is 2.88. The van der Waals surface area contributed by atoms with Crippen LogP contribution in [0.25, 0.3) is 0 Å². The van der Waals surface area contributed by atoms with Crippen molar-refractivity contribution in [2.24, 2.45) is 0 Å². The van der Waals surface area contributed by atoms with Gasteiger partial charge in [0.1, 0.15) is 17.1 Å². The molecule has 0 bridgehead atoms. The Kier molecular flexibility index (Phi) is 4.15. The molecule has 18 heavy (non-hydrogen) atoms. The molecule has 0 radical (unpaired) electrons. The van der Waals surface area contributed by atoms with Crippen LogP contribution in [0.3, 0.4) is 0 Å². The lowest BCUT2D eigenvalue weighted by molar-refractivity contribution is 0.0943. The number of carbonyl (C=O) groups is 1. The van der Waals surface area contributed by atoms with Gasteiger partial charge in [0.05, 0.1) is 7.11 Å². The summed E-state index contributed by atoms with van der Waals surface area (Å²) in [5.41, 5.74) is -0.0296. The van der Waals surface area contributed by atoms with E-state index >= 15 is 0 Å². The first kappa shape index (κ1) is 12.8. The highest BCUT2D eigenvalue weighted by Crippen LogP contribution is 2.20. The predicted molar refractivity (Wildman–Crippen MR) is 66.3 cm³/mol. The molecule has 1 atom stereocenters. The largest absolute Gasteiger partial charge is 0.496 e. The third-order valence-electron chi connectivity index (χ3n) is 3.09. The SMILES string of the molecule is COc1cccc(F)c1C(=O)NCC1CCCN1. The van der Waals surface area contributed by atoms with Gasteiger partial charge in [-0.25, -0.2) is 4.39 Å². The summed E-state index contributed by atoms with van der Waals surface area (Å²) >= 11 is 0. The Bertz CT molecular complexity index is 431. The van der Waals surface area contributed by atoms with Crippen molar-refractivity contribution < 1.29 is 13.9 Å². The third-order valence-corrected chi connectivity index (χ3v) is 3.09. The quantitative estimate of drug-likeness (QED) is 0.849. The monoisotopic (exact) mass is 252 g/mol. The van der Waals surface area contributed by atoms with E-state index in [1.165, 1.54) is 19.2 Å². The second-order valence-electron chi connectivity index (χ2n) is 4.32. The molecule has 5 heteroatoms. The summed E-state index contributed by atoms with van der Waals surface area (Å²) in [6.45, 7) is 1.49.